The number of anilines is 1. The summed E-state index contributed by atoms with van der Waals surface area (Å²) in [6, 6.07) is 21.8. The Morgan fingerprint density at radius 3 is 2.03 bits per heavy atom. The van der Waals surface area contributed by atoms with Crippen molar-refractivity contribution in [2.75, 3.05) is 10.8 Å². The lowest BCUT2D eigenvalue weighted by Crippen LogP contribution is -2.52. The van der Waals surface area contributed by atoms with E-state index in [2.05, 4.69) is 21.2 Å². The van der Waals surface area contributed by atoms with Gasteiger partial charge in [0, 0.05) is 17.1 Å². The highest BCUT2D eigenvalue weighted by Crippen LogP contribution is 2.25. The van der Waals surface area contributed by atoms with Gasteiger partial charge in [0.25, 0.3) is 10.0 Å². The SMILES string of the molecule is CCc1ccc(N(CC(=O)N(Cc2ccc(Br)cc2)[C@@H](C)C(=O)N[C@H](C)CC)S(=O)(=O)c2ccccc2)cc1. The van der Waals surface area contributed by atoms with Crippen LogP contribution >= 0.6 is 15.9 Å². The van der Waals surface area contributed by atoms with Crippen molar-refractivity contribution in [3.05, 3.63) is 94.5 Å². The molecule has 0 bridgehead atoms. The van der Waals surface area contributed by atoms with Crippen molar-refractivity contribution >= 4 is 43.5 Å². The summed E-state index contributed by atoms with van der Waals surface area (Å²) in [7, 11) is -4.07. The number of nitrogens with one attached hydrogen (secondary N) is 1. The van der Waals surface area contributed by atoms with E-state index in [1.165, 1.54) is 17.0 Å². The molecule has 0 aromatic heterocycles. The third-order valence-corrected chi connectivity index (χ3v) is 8.99. The molecule has 2 atom stereocenters. The minimum absolute atomic E-state index is 0.0587. The smallest absolute Gasteiger partial charge is 0.264 e. The van der Waals surface area contributed by atoms with Crippen LogP contribution in [-0.2, 0) is 32.6 Å². The standard InChI is InChI=1S/C30H36BrN3O4S/c1-5-22(3)32-30(36)23(4)33(20-25-12-16-26(31)17-13-25)29(35)21-34(27-18-14-24(6-2)15-19-27)39(37,38)28-10-8-7-9-11-28/h7-19,22-23H,5-6,20-21H2,1-4H3,(H,32,36)/t22-,23+/m1/s1. The third kappa shape index (κ3) is 7.92. The maximum Gasteiger partial charge on any atom is 0.264 e. The molecule has 0 unspecified atom stereocenters. The second-order valence-electron chi connectivity index (χ2n) is 9.49. The average molecular weight is 615 g/mol. The number of carbonyl (C=O) groups is 2. The van der Waals surface area contributed by atoms with E-state index in [-0.39, 0.29) is 23.4 Å². The highest BCUT2D eigenvalue weighted by atomic mass is 79.9. The first kappa shape index (κ1) is 30.4. The van der Waals surface area contributed by atoms with Crippen molar-refractivity contribution < 1.29 is 18.0 Å². The Labute approximate surface area is 240 Å². The molecule has 7 nitrogen and oxygen atoms in total. The molecule has 0 radical (unpaired) electrons. The Morgan fingerprint density at radius 2 is 1.46 bits per heavy atom. The topological polar surface area (TPSA) is 86.8 Å². The van der Waals surface area contributed by atoms with Crippen LogP contribution in [0, 0.1) is 0 Å². The second-order valence-corrected chi connectivity index (χ2v) is 12.3. The zero-order chi connectivity index (χ0) is 28.6. The van der Waals surface area contributed by atoms with Crippen molar-refractivity contribution in [1.29, 1.82) is 0 Å². The van der Waals surface area contributed by atoms with E-state index in [4.69, 9.17) is 0 Å². The van der Waals surface area contributed by atoms with Crippen LogP contribution in [0.5, 0.6) is 0 Å². The molecule has 1 N–H and O–H groups in total. The van der Waals surface area contributed by atoms with E-state index in [1.54, 1.807) is 37.3 Å². The van der Waals surface area contributed by atoms with Crippen LogP contribution in [0.25, 0.3) is 0 Å². The number of halogens is 1. The van der Waals surface area contributed by atoms with Gasteiger partial charge in [-0.1, -0.05) is 72.2 Å². The van der Waals surface area contributed by atoms with Gasteiger partial charge in [0.05, 0.1) is 10.6 Å². The molecule has 2 amide bonds. The van der Waals surface area contributed by atoms with E-state index >= 15 is 0 Å². The number of carbonyl (C=O) groups excluding carboxylic acids is 2. The van der Waals surface area contributed by atoms with E-state index in [9.17, 15) is 18.0 Å². The maximum absolute atomic E-state index is 13.9. The molecule has 3 aromatic rings. The Kier molecular flexibility index (Phi) is 10.7. The van der Waals surface area contributed by atoms with Gasteiger partial charge in [-0.3, -0.25) is 13.9 Å². The zero-order valence-electron chi connectivity index (χ0n) is 22.8. The number of nitrogens with zero attached hydrogens (tertiary/aromatic N) is 2. The minimum Gasteiger partial charge on any atom is -0.352 e. The van der Waals surface area contributed by atoms with Crippen LogP contribution in [0.4, 0.5) is 5.69 Å². The Bertz CT molecular complexity index is 1350. The minimum atomic E-state index is -4.07. The molecule has 39 heavy (non-hydrogen) atoms. The number of amides is 2. The zero-order valence-corrected chi connectivity index (χ0v) is 25.2. The predicted octanol–water partition coefficient (Wildman–Crippen LogP) is 5.54. The number of benzene rings is 3. The Balaban J connectivity index is 2.01. The summed E-state index contributed by atoms with van der Waals surface area (Å²) < 4.78 is 29.6. The maximum atomic E-state index is 13.9. The van der Waals surface area contributed by atoms with Gasteiger partial charge in [0.15, 0.2) is 0 Å². The van der Waals surface area contributed by atoms with E-state index in [0.29, 0.717) is 5.69 Å². The lowest BCUT2D eigenvalue weighted by molar-refractivity contribution is -0.139. The number of aryl methyl sites for hydroxylation is 1. The molecule has 9 heteroatoms. The molecule has 0 saturated heterocycles. The summed E-state index contributed by atoms with van der Waals surface area (Å²) in [4.78, 5) is 28.6. The molecule has 0 heterocycles. The van der Waals surface area contributed by atoms with Crippen LogP contribution < -0.4 is 9.62 Å². The highest BCUT2D eigenvalue weighted by Gasteiger charge is 2.32. The van der Waals surface area contributed by atoms with Gasteiger partial charge >= 0.3 is 0 Å². The monoisotopic (exact) mass is 613 g/mol. The van der Waals surface area contributed by atoms with Crippen molar-refractivity contribution in [3.63, 3.8) is 0 Å². The van der Waals surface area contributed by atoms with Crippen molar-refractivity contribution in [2.24, 2.45) is 0 Å². The molecule has 0 spiro atoms. The lowest BCUT2D eigenvalue weighted by Gasteiger charge is -2.32. The van der Waals surface area contributed by atoms with Crippen LogP contribution in [0.2, 0.25) is 0 Å². The quantitative estimate of drug-likeness (QED) is 0.291. The molecule has 0 aliphatic rings. The molecule has 3 rings (SSSR count). The first-order valence-electron chi connectivity index (χ1n) is 13.1. The van der Waals surface area contributed by atoms with Gasteiger partial charge in [-0.2, -0.15) is 0 Å². The fraction of sp³-hybridized carbons (Fsp3) is 0.333. The number of sulfonamides is 1. The van der Waals surface area contributed by atoms with Gasteiger partial charge in [0.2, 0.25) is 11.8 Å². The number of rotatable bonds is 12. The van der Waals surface area contributed by atoms with Crippen molar-refractivity contribution in [2.45, 2.75) is 64.1 Å². The molecule has 0 saturated carbocycles. The molecular formula is C30H36BrN3O4S. The average Bonchev–Trinajstić information content (AvgIpc) is 2.95. The lowest BCUT2D eigenvalue weighted by atomic mass is 10.1. The molecular weight excluding hydrogens is 578 g/mol. The fourth-order valence-electron chi connectivity index (χ4n) is 3.98. The molecule has 208 valence electrons. The van der Waals surface area contributed by atoms with E-state index in [1.807, 2.05) is 57.2 Å². The molecule has 3 aromatic carbocycles. The molecule has 0 aliphatic carbocycles. The van der Waals surface area contributed by atoms with Crippen LogP contribution in [-0.4, -0.2) is 43.8 Å². The van der Waals surface area contributed by atoms with Gasteiger partial charge in [-0.15, -0.1) is 0 Å². The van der Waals surface area contributed by atoms with Gasteiger partial charge < -0.3 is 10.2 Å². The summed E-state index contributed by atoms with van der Waals surface area (Å²) in [6.07, 6.45) is 1.55. The third-order valence-electron chi connectivity index (χ3n) is 6.68. The van der Waals surface area contributed by atoms with Crippen LogP contribution in [0.3, 0.4) is 0 Å². The van der Waals surface area contributed by atoms with Gasteiger partial charge in [-0.25, -0.2) is 8.42 Å². The van der Waals surface area contributed by atoms with Gasteiger partial charge in [-0.05, 0) is 74.2 Å². The second kappa shape index (κ2) is 13.8. The van der Waals surface area contributed by atoms with Crippen molar-refractivity contribution in [3.8, 4) is 0 Å². The summed E-state index contributed by atoms with van der Waals surface area (Å²) in [5.74, 6) is -0.775. The fourth-order valence-corrected chi connectivity index (χ4v) is 5.68. The first-order valence-corrected chi connectivity index (χ1v) is 15.3. The number of hydrogen-bond donors (Lipinski definition) is 1. The Hall–Kier alpha value is -3.17. The summed E-state index contributed by atoms with van der Waals surface area (Å²) in [5.41, 5.74) is 2.25. The van der Waals surface area contributed by atoms with E-state index in [0.717, 1.165) is 32.7 Å². The molecule has 0 aliphatic heterocycles. The van der Waals surface area contributed by atoms with Crippen molar-refractivity contribution in [1.82, 2.24) is 10.2 Å². The Morgan fingerprint density at radius 1 is 0.872 bits per heavy atom. The largest absolute Gasteiger partial charge is 0.352 e. The van der Waals surface area contributed by atoms with Crippen LogP contribution in [0.1, 0.15) is 45.2 Å². The highest BCUT2D eigenvalue weighted by molar-refractivity contribution is 9.10. The number of hydrogen-bond acceptors (Lipinski definition) is 4. The predicted molar refractivity (Wildman–Crippen MR) is 159 cm³/mol. The molecule has 0 fully saturated rings. The van der Waals surface area contributed by atoms with Gasteiger partial charge in [0.1, 0.15) is 12.6 Å². The van der Waals surface area contributed by atoms with E-state index < -0.39 is 28.5 Å². The normalized spacial score (nSPS) is 12.8. The first-order chi connectivity index (χ1) is 18.6. The summed E-state index contributed by atoms with van der Waals surface area (Å²) in [5, 5.41) is 2.94. The van der Waals surface area contributed by atoms with Crippen LogP contribution in [0.15, 0.2) is 88.2 Å². The summed E-state index contributed by atoms with van der Waals surface area (Å²) in [6.45, 7) is 7.24. The summed E-state index contributed by atoms with van der Waals surface area (Å²) >= 11 is 3.42.